The average Bonchev–Trinajstić information content (AvgIpc) is 2.31. The molecule has 0 aromatic heterocycles. The highest BCUT2D eigenvalue weighted by Gasteiger charge is 2.38. The van der Waals surface area contributed by atoms with Crippen molar-refractivity contribution in [2.45, 2.75) is 45.6 Å². The first-order chi connectivity index (χ1) is 8.88. The SMILES string of the molecule is C=CCC1N(C(=O)NCCC(=O)O)CCCC1(C)C. The Hall–Kier alpha value is -1.52. The van der Waals surface area contributed by atoms with Crippen molar-refractivity contribution >= 4 is 12.0 Å². The van der Waals surface area contributed by atoms with E-state index in [0.717, 1.165) is 25.8 Å². The first-order valence-electron chi connectivity index (χ1n) is 6.75. The van der Waals surface area contributed by atoms with Crippen LogP contribution >= 0.6 is 0 Å². The Morgan fingerprint density at radius 3 is 2.79 bits per heavy atom. The van der Waals surface area contributed by atoms with E-state index >= 15 is 0 Å². The molecule has 0 aliphatic carbocycles. The van der Waals surface area contributed by atoms with Gasteiger partial charge in [-0.15, -0.1) is 6.58 Å². The Morgan fingerprint density at radius 2 is 2.21 bits per heavy atom. The van der Waals surface area contributed by atoms with Gasteiger partial charge in [0.15, 0.2) is 0 Å². The maximum Gasteiger partial charge on any atom is 0.317 e. The summed E-state index contributed by atoms with van der Waals surface area (Å²) in [5.41, 5.74) is 0.0660. The second-order valence-corrected chi connectivity index (χ2v) is 5.70. The number of nitrogens with one attached hydrogen (secondary N) is 1. The summed E-state index contributed by atoms with van der Waals surface area (Å²) < 4.78 is 0. The van der Waals surface area contributed by atoms with Gasteiger partial charge in [-0.05, 0) is 24.7 Å². The topological polar surface area (TPSA) is 69.6 Å². The number of hydrogen-bond donors (Lipinski definition) is 2. The maximum atomic E-state index is 12.1. The Kier molecular flexibility index (Phi) is 5.39. The Bertz CT molecular complexity index is 353. The van der Waals surface area contributed by atoms with E-state index in [2.05, 4.69) is 25.7 Å². The van der Waals surface area contributed by atoms with Crippen molar-refractivity contribution in [1.29, 1.82) is 0 Å². The lowest BCUT2D eigenvalue weighted by Crippen LogP contribution is -2.55. The molecular formula is C14H24N2O3. The molecule has 5 heteroatoms. The number of carbonyl (C=O) groups excluding carboxylic acids is 1. The third-order valence-electron chi connectivity index (χ3n) is 3.76. The van der Waals surface area contributed by atoms with Crippen LogP contribution in [0.2, 0.25) is 0 Å². The smallest absolute Gasteiger partial charge is 0.317 e. The monoisotopic (exact) mass is 268 g/mol. The van der Waals surface area contributed by atoms with E-state index in [1.54, 1.807) is 0 Å². The van der Waals surface area contributed by atoms with Crippen molar-refractivity contribution < 1.29 is 14.7 Å². The fourth-order valence-corrected chi connectivity index (χ4v) is 2.67. The van der Waals surface area contributed by atoms with Crippen LogP contribution in [0.1, 0.15) is 39.5 Å². The predicted octanol–water partition coefficient (Wildman–Crippen LogP) is 2.24. The molecule has 2 amide bonds. The van der Waals surface area contributed by atoms with Crippen molar-refractivity contribution in [2.24, 2.45) is 5.41 Å². The molecule has 1 unspecified atom stereocenters. The van der Waals surface area contributed by atoms with Gasteiger partial charge in [-0.2, -0.15) is 0 Å². The summed E-state index contributed by atoms with van der Waals surface area (Å²) in [5, 5.41) is 11.3. The number of carboxylic acids is 1. The van der Waals surface area contributed by atoms with E-state index in [9.17, 15) is 9.59 Å². The summed E-state index contributed by atoms with van der Waals surface area (Å²) in [5.74, 6) is -0.901. The van der Waals surface area contributed by atoms with Gasteiger partial charge >= 0.3 is 12.0 Å². The Balaban J connectivity index is 2.64. The molecule has 2 N–H and O–H groups in total. The number of amides is 2. The number of likely N-dealkylation sites (tertiary alicyclic amines) is 1. The van der Waals surface area contributed by atoms with Crippen LogP contribution in [-0.2, 0) is 4.79 Å². The quantitative estimate of drug-likeness (QED) is 0.751. The fourth-order valence-electron chi connectivity index (χ4n) is 2.67. The van der Waals surface area contributed by atoms with Crippen molar-refractivity contribution in [3.63, 3.8) is 0 Å². The Labute approximate surface area is 114 Å². The molecule has 0 radical (unpaired) electrons. The van der Waals surface area contributed by atoms with Gasteiger partial charge in [0.2, 0.25) is 0 Å². The third-order valence-corrected chi connectivity index (χ3v) is 3.76. The highest BCUT2D eigenvalue weighted by atomic mass is 16.4. The summed E-state index contributed by atoms with van der Waals surface area (Å²) in [7, 11) is 0. The summed E-state index contributed by atoms with van der Waals surface area (Å²) in [4.78, 5) is 24.4. The van der Waals surface area contributed by atoms with Crippen LogP contribution in [0.3, 0.4) is 0 Å². The molecule has 0 aromatic rings. The van der Waals surface area contributed by atoms with Crippen molar-refractivity contribution in [3.8, 4) is 0 Å². The summed E-state index contributed by atoms with van der Waals surface area (Å²) in [6, 6.07) is -0.0375. The van der Waals surface area contributed by atoms with Crippen molar-refractivity contribution in [3.05, 3.63) is 12.7 Å². The van der Waals surface area contributed by atoms with E-state index in [1.807, 2.05) is 11.0 Å². The molecule has 5 nitrogen and oxygen atoms in total. The number of carbonyl (C=O) groups is 2. The number of carboxylic acid groups (broad SMARTS) is 1. The summed E-state index contributed by atoms with van der Waals surface area (Å²) in [6.07, 6.45) is 4.63. The standard InChI is InChI=1S/C14H24N2O3/c1-4-6-11-14(2,3)8-5-10-16(11)13(19)15-9-7-12(17)18/h4,11H,1,5-10H2,2-3H3,(H,15,19)(H,17,18). The fraction of sp³-hybridized carbons (Fsp3) is 0.714. The number of rotatable bonds is 5. The molecule has 1 heterocycles. The van der Waals surface area contributed by atoms with Gasteiger partial charge < -0.3 is 15.3 Å². The van der Waals surface area contributed by atoms with Crippen LogP contribution < -0.4 is 5.32 Å². The summed E-state index contributed by atoms with van der Waals surface area (Å²) in [6.45, 7) is 8.99. The van der Waals surface area contributed by atoms with Gasteiger partial charge in [0.1, 0.15) is 0 Å². The van der Waals surface area contributed by atoms with E-state index < -0.39 is 5.97 Å². The van der Waals surface area contributed by atoms with Crippen LogP contribution in [0.15, 0.2) is 12.7 Å². The molecule has 19 heavy (non-hydrogen) atoms. The molecule has 1 aliphatic heterocycles. The number of piperidine rings is 1. The summed E-state index contributed by atoms with van der Waals surface area (Å²) >= 11 is 0. The average molecular weight is 268 g/mol. The normalized spacial score (nSPS) is 21.8. The van der Waals surface area contributed by atoms with Gasteiger partial charge in [0.05, 0.1) is 6.42 Å². The van der Waals surface area contributed by atoms with Gasteiger partial charge in [0, 0.05) is 19.1 Å². The van der Waals surface area contributed by atoms with Gasteiger partial charge in [0.25, 0.3) is 0 Å². The molecular weight excluding hydrogens is 244 g/mol. The van der Waals surface area contributed by atoms with E-state index in [4.69, 9.17) is 5.11 Å². The van der Waals surface area contributed by atoms with E-state index in [-0.39, 0.29) is 30.5 Å². The molecule has 0 bridgehead atoms. The zero-order valence-corrected chi connectivity index (χ0v) is 11.8. The van der Waals surface area contributed by atoms with Gasteiger partial charge in [-0.1, -0.05) is 19.9 Å². The van der Waals surface area contributed by atoms with Crippen LogP contribution in [0.25, 0.3) is 0 Å². The molecule has 1 aliphatic rings. The molecule has 1 fully saturated rings. The van der Waals surface area contributed by atoms with Gasteiger partial charge in [-0.25, -0.2) is 4.79 Å². The minimum atomic E-state index is -0.901. The van der Waals surface area contributed by atoms with Crippen LogP contribution in [0.4, 0.5) is 4.79 Å². The largest absolute Gasteiger partial charge is 0.481 e. The number of hydrogen-bond acceptors (Lipinski definition) is 2. The zero-order valence-electron chi connectivity index (χ0n) is 11.8. The molecule has 1 atom stereocenters. The van der Waals surface area contributed by atoms with Crippen molar-refractivity contribution in [1.82, 2.24) is 10.2 Å². The molecule has 0 saturated carbocycles. The number of urea groups is 1. The minimum Gasteiger partial charge on any atom is -0.481 e. The molecule has 1 rings (SSSR count). The first-order valence-corrected chi connectivity index (χ1v) is 6.75. The molecule has 0 spiro atoms. The Morgan fingerprint density at radius 1 is 1.53 bits per heavy atom. The van der Waals surface area contributed by atoms with Crippen LogP contribution in [-0.4, -0.2) is 41.1 Å². The second-order valence-electron chi connectivity index (χ2n) is 5.70. The lowest BCUT2D eigenvalue weighted by Gasteiger charge is -2.46. The number of nitrogens with zero attached hydrogens (tertiary/aromatic N) is 1. The first kappa shape index (κ1) is 15.5. The lowest BCUT2D eigenvalue weighted by atomic mass is 9.75. The zero-order chi connectivity index (χ0) is 14.5. The third kappa shape index (κ3) is 4.26. The number of aliphatic carboxylic acids is 1. The van der Waals surface area contributed by atoms with Crippen LogP contribution in [0, 0.1) is 5.41 Å². The minimum absolute atomic E-state index is 0.0465. The molecule has 108 valence electrons. The van der Waals surface area contributed by atoms with E-state index in [1.165, 1.54) is 0 Å². The molecule has 1 saturated heterocycles. The second kappa shape index (κ2) is 6.59. The van der Waals surface area contributed by atoms with E-state index in [0.29, 0.717) is 0 Å². The predicted molar refractivity (Wildman–Crippen MR) is 74.0 cm³/mol. The maximum absolute atomic E-state index is 12.1. The van der Waals surface area contributed by atoms with Crippen LogP contribution in [0.5, 0.6) is 0 Å². The van der Waals surface area contributed by atoms with Crippen molar-refractivity contribution in [2.75, 3.05) is 13.1 Å². The van der Waals surface area contributed by atoms with Gasteiger partial charge in [-0.3, -0.25) is 4.79 Å². The molecule has 0 aromatic carbocycles. The highest BCUT2D eigenvalue weighted by Crippen LogP contribution is 2.36. The lowest BCUT2D eigenvalue weighted by molar-refractivity contribution is -0.136. The highest BCUT2D eigenvalue weighted by molar-refractivity contribution is 5.75.